The van der Waals surface area contributed by atoms with Crippen LogP contribution in [0, 0.1) is 29.6 Å². The van der Waals surface area contributed by atoms with Crippen LogP contribution in [0.2, 0.25) is 0 Å². The van der Waals surface area contributed by atoms with Gasteiger partial charge < -0.3 is 5.32 Å². The van der Waals surface area contributed by atoms with E-state index in [-0.39, 0.29) is 5.91 Å². The summed E-state index contributed by atoms with van der Waals surface area (Å²) in [5.41, 5.74) is 0. The Hall–Kier alpha value is -0.910. The summed E-state index contributed by atoms with van der Waals surface area (Å²) in [6.45, 7) is 0. The van der Waals surface area contributed by atoms with Gasteiger partial charge in [-0.05, 0) is 36.5 Å². The molecule has 1 amide bonds. The molecule has 5 atom stereocenters. The predicted molar refractivity (Wildman–Crippen MR) is 87.0 cm³/mol. The maximum absolute atomic E-state index is 11.0. The van der Waals surface area contributed by atoms with Gasteiger partial charge in [-0.25, -0.2) is 4.21 Å². The monoisotopic (exact) mass is 341 g/mol. The van der Waals surface area contributed by atoms with E-state index in [1.807, 2.05) is 0 Å². The Morgan fingerprint density at radius 1 is 1.09 bits per heavy atom. The van der Waals surface area contributed by atoms with Crippen molar-refractivity contribution in [3.63, 3.8) is 0 Å². The second kappa shape index (κ2) is 6.69. The molecule has 1 heterocycles. The van der Waals surface area contributed by atoms with Crippen molar-refractivity contribution in [2.75, 3.05) is 7.11 Å². The molecule has 1 N–H and O–H groups in total. The summed E-state index contributed by atoms with van der Waals surface area (Å²) in [7, 11) is 4.38. The number of carbonyl (C=O) groups is 1. The molecule has 0 aromatic carbocycles. The van der Waals surface area contributed by atoms with E-state index in [2.05, 4.69) is 46.0 Å². The smallest absolute Gasteiger partial charge is 0.255 e. The molecule has 0 aromatic heterocycles. The summed E-state index contributed by atoms with van der Waals surface area (Å²) < 4.78 is 13.5. The molecule has 4 aliphatic carbocycles. The number of nitrogens with one attached hydrogen (secondary N) is 1. The fourth-order valence-corrected chi connectivity index (χ4v) is 3.87. The molecular weight excluding hydrogens is 322 g/mol. The summed E-state index contributed by atoms with van der Waals surface area (Å²) in [4.78, 5) is 11.0. The van der Waals surface area contributed by atoms with Crippen LogP contribution in [-0.4, -0.2) is 23.3 Å². The second-order valence-corrected chi connectivity index (χ2v) is 7.68. The number of amides is 1. The lowest BCUT2D eigenvalue weighted by Gasteiger charge is -2.37. The topological polar surface area (TPSA) is 55.4 Å². The molecule has 5 rings (SSSR count). The van der Waals surface area contributed by atoms with Crippen LogP contribution >= 0.6 is 10.7 Å². The molecule has 2 fully saturated rings. The normalized spacial score (nSPS) is 41.8. The number of rotatable bonds is 1. The summed E-state index contributed by atoms with van der Waals surface area (Å²) in [6.07, 6.45) is 16.2. The van der Waals surface area contributed by atoms with Crippen molar-refractivity contribution in [3.05, 3.63) is 36.5 Å². The maximum Gasteiger partial charge on any atom is 0.255 e. The van der Waals surface area contributed by atoms with Crippen LogP contribution in [0.25, 0.3) is 0 Å². The van der Waals surface area contributed by atoms with Crippen molar-refractivity contribution >= 4 is 26.9 Å². The highest BCUT2D eigenvalue weighted by Gasteiger charge is 2.54. The summed E-state index contributed by atoms with van der Waals surface area (Å²) in [6, 6.07) is 0.516. The molecule has 0 aromatic rings. The third-order valence-corrected chi connectivity index (χ3v) is 5.60. The average Bonchev–Trinajstić information content (AvgIpc) is 3.26. The third-order valence-electron chi connectivity index (χ3n) is 4.96. The lowest BCUT2D eigenvalue weighted by Crippen LogP contribution is -2.59. The number of fused-ring (bicyclic) bond motifs is 7. The van der Waals surface area contributed by atoms with Crippen molar-refractivity contribution in [3.8, 4) is 0 Å². The van der Waals surface area contributed by atoms with Crippen molar-refractivity contribution in [1.82, 2.24) is 5.32 Å². The Balaban J connectivity index is 0.000000106. The largest absolute Gasteiger partial charge is 0.352 e. The van der Waals surface area contributed by atoms with Crippen LogP contribution in [0.1, 0.15) is 12.8 Å². The van der Waals surface area contributed by atoms with Gasteiger partial charge in [-0.1, -0.05) is 36.5 Å². The van der Waals surface area contributed by atoms with Crippen LogP contribution in [0.4, 0.5) is 0 Å². The second-order valence-electron chi connectivity index (χ2n) is 6.20. The minimum atomic E-state index is -1.60. The zero-order valence-electron chi connectivity index (χ0n) is 12.4. The van der Waals surface area contributed by atoms with Gasteiger partial charge in [0.15, 0.2) is 0 Å². The van der Waals surface area contributed by atoms with Crippen LogP contribution < -0.4 is 5.32 Å². The number of hydrogen-bond acceptors (Lipinski definition) is 3. The van der Waals surface area contributed by atoms with Gasteiger partial charge in [0.2, 0.25) is 5.91 Å². The highest BCUT2D eigenvalue weighted by molar-refractivity contribution is 8.04. The van der Waals surface area contributed by atoms with Crippen molar-refractivity contribution in [2.24, 2.45) is 29.6 Å². The van der Waals surface area contributed by atoms with E-state index in [1.54, 1.807) is 0 Å². The molecule has 1 saturated carbocycles. The van der Waals surface area contributed by atoms with Gasteiger partial charge in [0.25, 0.3) is 10.3 Å². The summed E-state index contributed by atoms with van der Waals surface area (Å²) >= 11 is 0. The average molecular weight is 342 g/mol. The minimum Gasteiger partial charge on any atom is -0.352 e. The van der Waals surface area contributed by atoms with E-state index in [1.165, 1.54) is 20.0 Å². The van der Waals surface area contributed by atoms with Gasteiger partial charge in [-0.2, -0.15) is 0 Å². The number of carbonyl (C=O) groups excluding carboxylic acids is 1. The van der Waals surface area contributed by atoms with Crippen LogP contribution in [0.3, 0.4) is 0 Å². The molecule has 22 heavy (non-hydrogen) atoms. The zero-order chi connectivity index (χ0) is 15.7. The maximum atomic E-state index is 11.0. The van der Waals surface area contributed by atoms with E-state index < -0.39 is 10.3 Å². The first-order valence-corrected chi connectivity index (χ1v) is 9.46. The molecule has 120 valence electrons. The number of allylic oxidation sites excluding steroid dienone is 5. The Morgan fingerprint density at radius 3 is 1.95 bits per heavy atom. The molecule has 4 nitrogen and oxygen atoms in total. The number of β-lactam (4-membered cyclic amide) rings is 1. The van der Waals surface area contributed by atoms with E-state index in [0.717, 1.165) is 11.8 Å². The van der Waals surface area contributed by atoms with E-state index in [0.29, 0.717) is 23.8 Å². The fraction of sp³-hybridized carbons (Fsp3) is 0.562. The first-order chi connectivity index (χ1) is 10.6. The van der Waals surface area contributed by atoms with E-state index >= 15 is 0 Å². The molecular formula is C16H20ClNO3S. The first kappa shape index (κ1) is 16.0. The number of hydrogen-bond donors (Lipinski definition) is 1. The van der Waals surface area contributed by atoms with Gasteiger partial charge in [0.1, 0.15) is 0 Å². The first-order valence-electron chi connectivity index (χ1n) is 7.56. The summed E-state index contributed by atoms with van der Waals surface area (Å²) in [5, 5.41) is 2.95. The molecule has 1 aliphatic heterocycles. The zero-order valence-corrected chi connectivity index (χ0v) is 13.9. The van der Waals surface area contributed by atoms with Crippen molar-refractivity contribution in [1.29, 1.82) is 0 Å². The van der Waals surface area contributed by atoms with E-state index in [9.17, 15) is 9.00 Å². The molecule has 6 heteroatoms. The Bertz CT molecular complexity index is 532. The van der Waals surface area contributed by atoms with Gasteiger partial charge in [-0.15, -0.1) is 0 Å². The molecule has 4 bridgehead atoms. The molecule has 0 radical (unpaired) electrons. The standard InChI is InChI=1S/C8H9NO.C7H8.CH3ClO2S/c10-8-6-4-1-2-5(3-4)7(6)9-8;1-2-7-4-3-6(1)5-7;1-4-5(2)3/h1-2,4-7H,3H2,(H,9,10);1-4,6-7H,5H2;1H3/t4-,5+,6?,7?;;/m1../s1. The van der Waals surface area contributed by atoms with Gasteiger partial charge in [0.05, 0.1) is 13.0 Å². The molecule has 1 saturated heterocycles. The van der Waals surface area contributed by atoms with Crippen LogP contribution in [0.15, 0.2) is 36.5 Å². The highest BCUT2D eigenvalue weighted by Crippen LogP contribution is 2.47. The SMILES string of the molecule is C1=CC2C=CC1C2.COS(=O)Cl.O=C1NC2C1[C@@H]1C=C[C@H]2C1. The molecule has 5 aliphatic rings. The third kappa shape index (κ3) is 3.21. The van der Waals surface area contributed by atoms with Gasteiger partial charge >= 0.3 is 0 Å². The minimum absolute atomic E-state index is 0.279. The lowest BCUT2D eigenvalue weighted by molar-refractivity contribution is -0.135. The van der Waals surface area contributed by atoms with Gasteiger partial charge in [0, 0.05) is 16.7 Å². The lowest BCUT2D eigenvalue weighted by atomic mass is 9.82. The van der Waals surface area contributed by atoms with Crippen molar-refractivity contribution in [2.45, 2.75) is 18.9 Å². The fourth-order valence-electron chi connectivity index (χ4n) is 3.87. The predicted octanol–water partition coefficient (Wildman–Crippen LogP) is 2.51. The van der Waals surface area contributed by atoms with Crippen molar-refractivity contribution < 1.29 is 13.2 Å². The molecule has 0 spiro atoms. The quantitative estimate of drug-likeness (QED) is 0.453. The molecule has 3 unspecified atom stereocenters. The Labute approximate surface area is 137 Å². The van der Waals surface area contributed by atoms with Crippen LogP contribution in [-0.2, 0) is 19.3 Å². The highest BCUT2D eigenvalue weighted by atomic mass is 35.7. The van der Waals surface area contributed by atoms with Gasteiger partial charge in [-0.3, -0.25) is 8.98 Å². The van der Waals surface area contributed by atoms with Crippen LogP contribution in [0.5, 0.6) is 0 Å². The summed E-state index contributed by atoms with van der Waals surface area (Å²) in [5.74, 6) is 3.52. The Morgan fingerprint density at radius 2 is 1.64 bits per heavy atom. The number of halogens is 1. The Kier molecular flexibility index (Phi) is 4.85. The van der Waals surface area contributed by atoms with E-state index in [4.69, 9.17) is 10.7 Å².